The van der Waals surface area contributed by atoms with Gasteiger partial charge >= 0.3 is 0 Å². The Morgan fingerprint density at radius 1 is 1.08 bits per heavy atom. The van der Waals surface area contributed by atoms with Gasteiger partial charge < -0.3 is 11.1 Å². The van der Waals surface area contributed by atoms with Crippen molar-refractivity contribution >= 4 is 34.0 Å². The van der Waals surface area contributed by atoms with Crippen molar-refractivity contribution in [2.45, 2.75) is 31.2 Å². The van der Waals surface area contributed by atoms with E-state index in [0.29, 0.717) is 17.8 Å². The third-order valence-corrected chi connectivity index (χ3v) is 5.16. The Morgan fingerprint density at radius 2 is 1.65 bits per heavy atom. The zero-order chi connectivity index (χ0) is 18.7. The fourth-order valence-corrected chi connectivity index (χ4v) is 3.24. The summed E-state index contributed by atoms with van der Waals surface area (Å²) in [5.41, 5.74) is 6.78. The summed E-state index contributed by atoms with van der Waals surface area (Å²) in [6, 6.07) is 12.9. The van der Waals surface area contributed by atoms with Gasteiger partial charge in [0.15, 0.2) is 0 Å². The van der Waals surface area contributed by atoms with E-state index in [9.17, 15) is 13.2 Å². The highest BCUT2D eigenvalue weighted by Crippen LogP contribution is 2.19. The molecular weight excluding hydrogens is 374 g/mol. The van der Waals surface area contributed by atoms with E-state index in [1.54, 1.807) is 12.1 Å². The molecule has 0 heterocycles. The number of hydrogen-bond acceptors (Lipinski definition) is 4. The quantitative estimate of drug-likeness (QED) is 0.697. The first-order valence-electron chi connectivity index (χ1n) is 7.86. The van der Waals surface area contributed by atoms with E-state index >= 15 is 0 Å². The van der Waals surface area contributed by atoms with Crippen molar-refractivity contribution in [1.82, 2.24) is 5.32 Å². The molecule has 0 aromatic heterocycles. The minimum atomic E-state index is -3.72. The number of anilines is 1. The summed E-state index contributed by atoms with van der Waals surface area (Å²) in [7, 11) is -3.72. The van der Waals surface area contributed by atoms with Crippen LogP contribution < -0.4 is 15.8 Å². The molecule has 2 aromatic rings. The molecule has 0 saturated heterocycles. The first-order valence-corrected chi connectivity index (χ1v) is 9.34. The fourth-order valence-electron chi connectivity index (χ4n) is 2.11. The first-order chi connectivity index (χ1) is 11.6. The van der Waals surface area contributed by atoms with Crippen molar-refractivity contribution in [3.05, 3.63) is 59.7 Å². The molecule has 2 rings (SSSR count). The molecule has 0 saturated carbocycles. The summed E-state index contributed by atoms with van der Waals surface area (Å²) >= 11 is 0. The highest BCUT2D eigenvalue weighted by molar-refractivity contribution is 7.92. The Hall–Kier alpha value is -2.09. The number of halogens is 1. The van der Waals surface area contributed by atoms with Crippen LogP contribution in [0.25, 0.3) is 0 Å². The lowest BCUT2D eigenvalue weighted by molar-refractivity contribution is 0.0915. The standard InChI is InChI=1S/C18H23N3O3S.ClH/c1-13-6-4-5-7-16(13)21-25(23,24)15-10-8-14(9-11-15)17(22)20-18(2,3)12-19;/h4-11,21H,12,19H2,1-3H3,(H,20,22);1H. The second kappa shape index (κ2) is 8.53. The molecule has 0 radical (unpaired) electrons. The summed E-state index contributed by atoms with van der Waals surface area (Å²) in [5, 5.41) is 2.80. The monoisotopic (exact) mass is 397 g/mol. The van der Waals surface area contributed by atoms with Crippen LogP contribution in [-0.2, 0) is 10.0 Å². The molecule has 2 aromatic carbocycles. The van der Waals surface area contributed by atoms with Gasteiger partial charge in [0.25, 0.3) is 15.9 Å². The number of sulfonamides is 1. The zero-order valence-corrected chi connectivity index (χ0v) is 16.6. The van der Waals surface area contributed by atoms with Gasteiger partial charge in [-0.05, 0) is 56.7 Å². The van der Waals surface area contributed by atoms with Crippen molar-refractivity contribution < 1.29 is 13.2 Å². The lowest BCUT2D eigenvalue weighted by Crippen LogP contribution is -2.48. The van der Waals surface area contributed by atoms with Crippen molar-refractivity contribution in [2.24, 2.45) is 5.73 Å². The number of carbonyl (C=O) groups excluding carboxylic acids is 1. The van der Waals surface area contributed by atoms with Crippen molar-refractivity contribution in [3.8, 4) is 0 Å². The molecule has 0 atom stereocenters. The predicted molar refractivity (Wildman–Crippen MR) is 106 cm³/mol. The molecule has 0 aliphatic carbocycles. The minimum absolute atomic E-state index is 0. The third kappa shape index (κ3) is 5.45. The van der Waals surface area contributed by atoms with Gasteiger partial charge in [-0.3, -0.25) is 9.52 Å². The summed E-state index contributed by atoms with van der Waals surface area (Å²) in [6.07, 6.45) is 0. The van der Waals surface area contributed by atoms with Gasteiger partial charge in [0.05, 0.1) is 10.6 Å². The van der Waals surface area contributed by atoms with Crippen molar-refractivity contribution in [1.29, 1.82) is 0 Å². The number of para-hydroxylation sites is 1. The minimum Gasteiger partial charge on any atom is -0.346 e. The van der Waals surface area contributed by atoms with E-state index in [2.05, 4.69) is 10.0 Å². The largest absolute Gasteiger partial charge is 0.346 e. The van der Waals surface area contributed by atoms with Gasteiger partial charge in [-0.25, -0.2) is 8.42 Å². The Kier molecular flexibility index (Phi) is 7.20. The normalized spacial score (nSPS) is 11.4. The smallest absolute Gasteiger partial charge is 0.261 e. The Bertz CT molecular complexity index is 866. The molecule has 6 nitrogen and oxygen atoms in total. The van der Waals surface area contributed by atoms with Gasteiger partial charge in [0, 0.05) is 17.6 Å². The molecule has 142 valence electrons. The maximum absolute atomic E-state index is 12.5. The van der Waals surface area contributed by atoms with Crippen molar-refractivity contribution in [3.63, 3.8) is 0 Å². The van der Waals surface area contributed by atoms with Crippen molar-refractivity contribution in [2.75, 3.05) is 11.3 Å². The summed E-state index contributed by atoms with van der Waals surface area (Å²) in [5.74, 6) is -0.300. The average molecular weight is 398 g/mol. The molecule has 0 fully saturated rings. The maximum Gasteiger partial charge on any atom is 0.261 e. The lowest BCUT2D eigenvalue weighted by atomic mass is 10.1. The van der Waals surface area contributed by atoms with Crippen LogP contribution in [0, 0.1) is 6.92 Å². The van der Waals surface area contributed by atoms with Crippen LogP contribution in [0.5, 0.6) is 0 Å². The van der Waals surface area contributed by atoms with Crippen LogP contribution in [0.4, 0.5) is 5.69 Å². The summed E-state index contributed by atoms with van der Waals surface area (Å²) < 4.78 is 27.5. The number of aryl methyl sites for hydroxylation is 1. The molecule has 4 N–H and O–H groups in total. The van der Waals surface area contributed by atoms with E-state index < -0.39 is 15.6 Å². The molecule has 1 amide bonds. The van der Waals surface area contributed by atoms with Crippen LogP contribution in [0.2, 0.25) is 0 Å². The number of benzene rings is 2. The number of rotatable bonds is 6. The van der Waals surface area contributed by atoms with Gasteiger partial charge in [0.1, 0.15) is 0 Å². The van der Waals surface area contributed by atoms with E-state index in [-0.39, 0.29) is 23.2 Å². The molecule has 8 heteroatoms. The summed E-state index contributed by atoms with van der Waals surface area (Å²) in [6.45, 7) is 5.75. The van der Waals surface area contributed by atoms with Gasteiger partial charge in [-0.2, -0.15) is 0 Å². The van der Waals surface area contributed by atoms with Crippen LogP contribution in [0.15, 0.2) is 53.4 Å². The maximum atomic E-state index is 12.5. The van der Waals surface area contributed by atoms with E-state index in [1.165, 1.54) is 24.3 Å². The van der Waals surface area contributed by atoms with Crippen LogP contribution in [0.1, 0.15) is 29.8 Å². The number of hydrogen-bond donors (Lipinski definition) is 3. The molecule has 0 aliphatic heterocycles. The molecule has 0 aliphatic rings. The predicted octanol–water partition coefficient (Wildman–Crippen LogP) is 2.68. The van der Waals surface area contributed by atoms with Gasteiger partial charge in [0.2, 0.25) is 0 Å². The Labute approximate surface area is 160 Å². The lowest BCUT2D eigenvalue weighted by Gasteiger charge is -2.24. The van der Waals surface area contributed by atoms with Crippen LogP contribution in [-0.4, -0.2) is 26.4 Å². The second-order valence-electron chi connectivity index (χ2n) is 6.49. The highest BCUT2D eigenvalue weighted by atomic mass is 35.5. The SMILES string of the molecule is Cc1ccccc1NS(=O)(=O)c1ccc(C(=O)NC(C)(C)CN)cc1.Cl. The molecular formula is C18H24ClN3O3S. The topological polar surface area (TPSA) is 101 Å². The number of amides is 1. The molecule has 26 heavy (non-hydrogen) atoms. The average Bonchev–Trinajstić information content (AvgIpc) is 2.56. The van der Waals surface area contributed by atoms with E-state index in [1.807, 2.05) is 32.9 Å². The van der Waals surface area contributed by atoms with Crippen LogP contribution in [0.3, 0.4) is 0 Å². The number of nitrogens with one attached hydrogen (secondary N) is 2. The highest BCUT2D eigenvalue weighted by Gasteiger charge is 2.20. The molecule has 0 spiro atoms. The molecule has 0 bridgehead atoms. The fraction of sp³-hybridized carbons (Fsp3) is 0.278. The second-order valence-corrected chi connectivity index (χ2v) is 8.17. The Morgan fingerprint density at radius 3 is 2.19 bits per heavy atom. The summed E-state index contributed by atoms with van der Waals surface area (Å²) in [4.78, 5) is 12.3. The third-order valence-electron chi connectivity index (χ3n) is 3.78. The van der Waals surface area contributed by atoms with E-state index in [4.69, 9.17) is 5.73 Å². The first kappa shape index (κ1) is 22.0. The number of carbonyl (C=O) groups is 1. The Balaban J connectivity index is 0.00000338. The number of nitrogens with two attached hydrogens (primary N) is 1. The van der Waals surface area contributed by atoms with Crippen LogP contribution >= 0.6 is 12.4 Å². The molecule has 0 unspecified atom stereocenters. The van der Waals surface area contributed by atoms with Gasteiger partial charge in [-0.15, -0.1) is 12.4 Å². The van der Waals surface area contributed by atoms with Gasteiger partial charge in [-0.1, -0.05) is 18.2 Å². The zero-order valence-electron chi connectivity index (χ0n) is 14.9. The van der Waals surface area contributed by atoms with E-state index in [0.717, 1.165) is 5.56 Å².